The quantitative estimate of drug-likeness (QED) is 0.793. The van der Waals surface area contributed by atoms with E-state index in [1.54, 1.807) is 20.1 Å². The van der Waals surface area contributed by atoms with Gasteiger partial charge in [-0.2, -0.15) is 18.3 Å². The normalized spacial score (nSPS) is 32.4. The van der Waals surface area contributed by atoms with Crippen molar-refractivity contribution in [2.24, 2.45) is 11.8 Å². The molecule has 1 amide bonds. The van der Waals surface area contributed by atoms with E-state index in [2.05, 4.69) is 10.4 Å². The highest BCUT2D eigenvalue weighted by molar-refractivity contribution is 5.79. The summed E-state index contributed by atoms with van der Waals surface area (Å²) in [5, 5.41) is 7.34. The maximum absolute atomic E-state index is 13.7. The minimum absolute atomic E-state index is 0.00156. The first-order valence-corrected chi connectivity index (χ1v) is 11.0. The summed E-state index contributed by atoms with van der Waals surface area (Å²) < 4.78 is 47.7. The molecule has 3 aliphatic rings. The molecule has 0 radical (unpaired) electrons. The second-order valence-corrected chi connectivity index (χ2v) is 9.07. The number of anilines is 1. The van der Waals surface area contributed by atoms with E-state index in [0.717, 1.165) is 43.2 Å². The second-order valence-electron chi connectivity index (χ2n) is 9.07. The van der Waals surface area contributed by atoms with E-state index in [1.165, 1.54) is 0 Å². The number of hydrogen-bond donors (Lipinski definition) is 1. The molecular formula is C21H31F3N4O2. The largest absolute Gasteiger partial charge is 0.410 e. The first-order valence-electron chi connectivity index (χ1n) is 11.0. The summed E-state index contributed by atoms with van der Waals surface area (Å²) in [5.74, 6) is 0.530. The molecule has 30 heavy (non-hydrogen) atoms. The zero-order valence-corrected chi connectivity index (χ0v) is 17.6. The van der Waals surface area contributed by atoms with Crippen molar-refractivity contribution in [3.8, 4) is 0 Å². The van der Waals surface area contributed by atoms with Crippen molar-refractivity contribution in [1.82, 2.24) is 14.7 Å². The number of likely N-dealkylation sites (tertiary alicyclic amines) is 1. The number of ether oxygens (including phenoxy) is 1. The topological polar surface area (TPSA) is 59.4 Å². The van der Waals surface area contributed by atoms with Crippen LogP contribution in [0.1, 0.15) is 56.7 Å². The van der Waals surface area contributed by atoms with Gasteiger partial charge in [0.15, 0.2) is 6.04 Å². The van der Waals surface area contributed by atoms with Crippen LogP contribution < -0.4 is 5.32 Å². The molecule has 1 N–H and O–H groups in total. The van der Waals surface area contributed by atoms with Gasteiger partial charge in [-0.05, 0) is 51.4 Å². The molecule has 0 aromatic carbocycles. The van der Waals surface area contributed by atoms with Gasteiger partial charge in [0.05, 0.1) is 11.8 Å². The van der Waals surface area contributed by atoms with Crippen molar-refractivity contribution >= 4 is 11.7 Å². The van der Waals surface area contributed by atoms with Gasteiger partial charge in [-0.25, -0.2) is 4.68 Å². The second kappa shape index (κ2) is 8.40. The summed E-state index contributed by atoms with van der Waals surface area (Å²) in [4.78, 5) is 15.0. The van der Waals surface area contributed by atoms with E-state index in [0.29, 0.717) is 24.6 Å². The van der Waals surface area contributed by atoms with Crippen molar-refractivity contribution in [2.45, 2.75) is 76.2 Å². The number of fused-ring (bicyclic) bond motifs is 1. The number of hydrogen-bond acceptors (Lipinski definition) is 4. The van der Waals surface area contributed by atoms with Crippen molar-refractivity contribution < 1.29 is 22.7 Å². The summed E-state index contributed by atoms with van der Waals surface area (Å²) in [7, 11) is 1.69. The fraction of sp³-hybridized carbons (Fsp3) is 0.810. The molecule has 3 unspecified atom stereocenters. The number of amides is 1. The Hall–Kier alpha value is -1.77. The minimum Gasteiger partial charge on any atom is -0.381 e. The highest BCUT2D eigenvalue weighted by Crippen LogP contribution is 2.42. The lowest BCUT2D eigenvalue weighted by Crippen LogP contribution is -2.50. The van der Waals surface area contributed by atoms with Crippen LogP contribution >= 0.6 is 0 Å². The number of methoxy groups -OCH3 is 1. The zero-order chi connectivity index (χ0) is 21.5. The average molecular weight is 428 g/mol. The maximum atomic E-state index is 13.7. The van der Waals surface area contributed by atoms with Crippen LogP contribution in [0.4, 0.5) is 19.0 Å². The van der Waals surface area contributed by atoms with Gasteiger partial charge in [-0.3, -0.25) is 4.79 Å². The number of aryl methyl sites for hydroxylation is 1. The summed E-state index contributed by atoms with van der Waals surface area (Å²) >= 11 is 0. The fourth-order valence-corrected chi connectivity index (χ4v) is 5.41. The van der Waals surface area contributed by atoms with Gasteiger partial charge in [0.2, 0.25) is 5.91 Å². The lowest BCUT2D eigenvalue weighted by atomic mass is 9.83. The number of nitrogens with zero attached hydrogens (tertiary/aromatic N) is 3. The average Bonchev–Trinajstić information content (AvgIpc) is 3.11. The van der Waals surface area contributed by atoms with Gasteiger partial charge in [0, 0.05) is 38.2 Å². The van der Waals surface area contributed by atoms with E-state index >= 15 is 0 Å². The standard InChI is InChI=1S/C21H31F3N4O2/c1-13-9-19-25-17(11-18(21(22,23)24)28(19)26-13)15-6-4-8-27(12-15)20(29)14-5-3-7-16(10-14)30-2/h9,14-18,25H,3-8,10-12H2,1-2H3/t14?,15?,16?,17-,18+/m0/s1. The SMILES string of the molecule is COC1CCCC(C(=O)N2CCCC([C@@H]3C[C@H](C(F)(F)F)n4nc(C)cc4N3)C2)C1. The van der Waals surface area contributed by atoms with Gasteiger partial charge in [0.1, 0.15) is 5.82 Å². The van der Waals surface area contributed by atoms with E-state index in [9.17, 15) is 18.0 Å². The smallest absolute Gasteiger partial charge is 0.381 e. The highest BCUT2D eigenvalue weighted by Gasteiger charge is 2.48. The first-order chi connectivity index (χ1) is 14.3. The van der Waals surface area contributed by atoms with E-state index in [-0.39, 0.29) is 36.3 Å². The molecule has 2 aliphatic heterocycles. The molecule has 1 saturated carbocycles. The minimum atomic E-state index is -4.35. The number of carbonyl (C=O) groups is 1. The number of nitrogens with one attached hydrogen (secondary N) is 1. The Labute approximate surface area is 175 Å². The summed E-state index contributed by atoms with van der Waals surface area (Å²) in [6, 6.07) is -0.281. The van der Waals surface area contributed by atoms with Crippen molar-refractivity contribution in [1.29, 1.82) is 0 Å². The number of rotatable bonds is 3. The molecule has 3 heterocycles. The molecule has 1 aromatic rings. The number of carbonyl (C=O) groups excluding carboxylic acids is 1. The van der Waals surface area contributed by atoms with E-state index < -0.39 is 12.2 Å². The monoisotopic (exact) mass is 428 g/mol. The van der Waals surface area contributed by atoms with Crippen LogP contribution in [0.15, 0.2) is 6.07 Å². The van der Waals surface area contributed by atoms with Crippen LogP contribution in [-0.2, 0) is 9.53 Å². The van der Waals surface area contributed by atoms with E-state index in [4.69, 9.17) is 4.74 Å². The van der Waals surface area contributed by atoms with Gasteiger partial charge >= 0.3 is 6.18 Å². The van der Waals surface area contributed by atoms with Gasteiger partial charge in [-0.1, -0.05) is 6.42 Å². The van der Waals surface area contributed by atoms with Crippen molar-refractivity contribution in [3.63, 3.8) is 0 Å². The molecule has 1 saturated heterocycles. The van der Waals surface area contributed by atoms with Gasteiger partial charge in [-0.15, -0.1) is 0 Å². The van der Waals surface area contributed by atoms with E-state index in [1.807, 2.05) is 4.90 Å². The Balaban J connectivity index is 1.46. The Bertz CT molecular complexity index is 766. The molecule has 9 heteroatoms. The maximum Gasteiger partial charge on any atom is 0.410 e. The van der Waals surface area contributed by atoms with Crippen LogP contribution in [0.5, 0.6) is 0 Å². The lowest BCUT2D eigenvalue weighted by molar-refractivity contribution is -0.175. The summed E-state index contributed by atoms with van der Waals surface area (Å²) in [6.45, 7) is 2.91. The Morgan fingerprint density at radius 3 is 2.77 bits per heavy atom. The molecule has 1 aliphatic carbocycles. The van der Waals surface area contributed by atoms with Gasteiger partial charge in [0.25, 0.3) is 0 Å². The molecule has 6 nitrogen and oxygen atoms in total. The Morgan fingerprint density at radius 1 is 1.23 bits per heavy atom. The molecule has 0 spiro atoms. The van der Waals surface area contributed by atoms with Crippen LogP contribution in [0, 0.1) is 18.8 Å². The third-order valence-corrected chi connectivity index (χ3v) is 6.99. The molecular weight excluding hydrogens is 397 g/mol. The first kappa shape index (κ1) is 21.5. The van der Waals surface area contributed by atoms with Crippen molar-refractivity contribution in [3.05, 3.63) is 11.8 Å². The zero-order valence-electron chi connectivity index (χ0n) is 17.6. The number of alkyl halides is 3. The lowest BCUT2D eigenvalue weighted by Gasteiger charge is -2.42. The fourth-order valence-electron chi connectivity index (χ4n) is 5.41. The van der Waals surface area contributed by atoms with Crippen LogP contribution in [-0.4, -0.2) is 59.1 Å². The molecule has 2 fully saturated rings. The van der Waals surface area contributed by atoms with Crippen LogP contribution in [0.25, 0.3) is 0 Å². The summed E-state index contributed by atoms with van der Waals surface area (Å²) in [5.41, 5.74) is 0.567. The molecule has 1 aromatic heterocycles. The molecule has 4 rings (SSSR count). The van der Waals surface area contributed by atoms with Crippen LogP contribution in [0.2, 0.25) is 0 Å². The predicted molar refractivity (Wildman–Crippen MR) is 106 cm³/mol. The highest BCUT2D eigenvalue weighted by atomic mass is 19.4. The number of halogens is 3. The Kier molecular flexibility index (Phi) is 6.01. The third-order valence-electron chi connectivity index (χ3n) is 6.99. The molecule has 0 bridgehead atoms. The van der Waals surface area contributed by atoms with Crippen molar-refractivity contribution in [2.75, 3.05) is 25.5 Å². The van der Waals surface area contributed by atoms with Gasteiger partial charge < -0.3 is 15.0 Å². The Morgan fingerprint density at radius 2 is 2.03 bits per heavy atom. The molecule has 5 atom stereocenters. The van der Waals surface area contributed by atoms with Crippen LogP contribution in [0.3, 0.4) is 0 Å². The molecule has 168 valence electrons. The predicted octanol–water partition coefficient (Wildman–Crippen LogP) is 3.92. The number of piperidine rings is 1. The summed E-state index contributed by atoms with van der Waals surface area (Å²) in [6.07, 6.45) is 0.948. The third kappa shape index (κ3) is 4.31. The number of aromatic nitrogens is 2.